The van der Waals surface area contributed by atoms with Crippen LogP contribution in [0.15, 0.2) is 53.3 Å². The predicted molar refractivity (Wildman–Crippen MR) is 202 cm³/mol. The van der Waals surface area contributed by atoms with Crippen LogP contribution in [0.5, 0.6) is 11.5 Å². The van der Waals surface area contributed by atoms with E-state index in [9.17, 15) is 37.5 Å². The van der Waals surface area contributed by atoms with Crippen LogP contribution in [0.4, 0.5) is 10.1 Å². The number of carbonyl (C=O) groups is 4. The van der Waals surface area contributed by atoms with Gasteiger partial charge in [0.2, 0.25) is 11.8 Å². The number of hydrogen-bond acceptors (Lipinski definition) is 10. The number of phenolic OH excluding ortho intramolecular Hbond substituents is 1. The lowest BCUT2D eigenvalue weighted by molar-refractivity contribution is -0.138. The SMILES string of the molecule is Cn1c(=O)n(N2C(=O)CCC(N3CCC(CC(=O)N4CCC[C@@H](COc5ccc6cc(O)c(N7CC(=O)NS7(=O)=O)c(F)c6c5)C4)CC3)C2=O)c2ccccc21. The maximum Gasteiger partial charge on any atom is 0.348 e. The number of carbonyl (C=O) groups excluding carboxylic acids is 4. The number of nitrogens with one attached hydrogen (secondary N) is 1. The Balaban J connectivity index is 0.857. The molecule has 8 rings (SSSR count). The molecule has 18 heteroatoms. The molecule has 16 nitrogen and oxygen atoms in total. The Hall–Kier alpha value is -5.49. The van der Waals surface area contributed by atoms with Crippen molar-refractivity contribution in [2.24, 2.45) is 18.9 Å². The summed E-state index contributed by atoms with van der Waals surface area (Å²) in [5.41, 5.74) is 0.0223. The number of amides is 4. The van der Waals surface area contributed by atoms with E-state index < -0.39 is 63.5 Å². The van der Waals surface area contributed by atoms with Crippen LogP contribution in [-0.2, 0) is 36.4 Å². The lowest BCUT2D eigenvalue weighted by Crippen LogP contribution is -2.61. The number of aromatic nitrogens is 2. The van der Waals surface area contributed by atoms with Crippen molar-refractivity contribution in [2.45, 2.75) is 51.0 Å². The Morgan fingerprint density at radius 2 is 1.71 bits per heavy atom. The second-order valence-corrected chi connectivity index (χ2v) is 16.7. The number of rotatable bonds is 8. The molecule has 4 saturated heterocycles. The highest BCUT2D eigenvalue weighted by molar-refractivity contribution is 7.92. The molecule has 1 unspecified atom stereocenters. The molecule has 296 valence electrons. The molecule has 4 aliphatic heterocycles. The highest BCUT2D eigenvalue weighted by atomic mass is 32.2. The van der Waals surface area contributed by atoms with Crippen LogP contribution < -0.4 is 24.5 Å². The minimum absolute atomic E-state index is 0.00955. The number of likely N-dealkylation sites (tertiary alicyclic amines) is 2. The van der Waals surface area contributed by atoms with E-state index in [0.29, 0.717) is 78.3 Å². The first-order valence-corrected chi connectivity index (χ1v) is 20.2. The largest absolute Gasteiger partial charge is 0.506 e. The van der Waals surface area contributed by atoms with E-state index in [1.54, 1.807) is 48.2 Å². The molecule has 4 aliphatic rings. The molecule has 0 aliphatic carbocycles. The fourth-order valence-corrected chi connectivity index (χ4v) is 9.70. The van der Waals surface area contributed by atoms with Crippen molar-refractivity contribution in [3.05, 3.63) is 64.8 Å². The number of ether oxygens (including phenoxy) is 1. The number of para-hydroxylation sites is 2. The average molecular weight is 792 g/mol. The fourth-order valence-electron chi connectivity index (χ4n) is 8.54. The predicted octanol–water partition coefficient (Wildman–Crippen LogP) is 2.09. The molecular formula is C38H42FN7O9S. The number of anilines is 1. The summed E-state index contributed by atoms with van der Waals surface area (Å²) in [5.74, 6) is -2.76. The third kappa shape index (κ3) is 6.73. The molecular weight excluding hydrogens is 750 g/mol. The van der Waals surface area contributed by atoms with Gasteiger partial charge in [-0.05, 0) is 86.8 Å². The Morgan fingerprint density at radius 3 is 2.45 bits per heavy atom. The normalized spacial score (nSPS) is 22.3. The number of aryl methyl sites for hydroxylation is 1. The number of piperidine rings is 3. The lowest BCUT2D eigenvalue weighted by atomic mass is 9.90. The van der Waals surface area contributed by atoms with Crippen molar-refractivity contribution in [1.29, 1.82) is 0 Å². The summed E-state index contributed by atoms with van der Waals surface area (Å²) in [6.07, 6.45) is 3.94. The van der Waals surface area contributed by atoms with Crippen molar-refractivity contribution in [3.63, 3.8) is 0 Å². The zero-order chi connectivity index (χ0) is 39.5. The van der Waals surface area contributed by atoms with Gasteiger partial charge in [0, 0.05) is 44.3 Å². The Morgan fingerprint density at radius 1 is 0.964 bits per heavy atom. The molecule has 2 atom stereocenters. The summed E-state index contributed by atoms with van der Waals surface area (Å²) in [4.78, 5) is 69.3. The second-order valence-electron chi connectivity index (χ2n) is 15.1. The molecule has 3 aromatic carbocycles. The molecule has 4 fully saturated rings. The number of fused-ring (bicyclic) bond motifs is 2. The van der Waals surface area contributed by atoms with E-state index in [4.69, 9.17) is 4.74 Å². The number of halogens is 1. The maximum atomic E-state index is 15.7. The minimum atomic E-state index is -4.35. The number of imide groups is 1. The number of nitrogens with zero attached hydrogens (tertiary/aromatic N) is 6. The van der Waals surface area contributed by atoms with Crippen LogP contribution in [0.25, 0.3) is 21.8 Å². The van der Waals surface area contributed by atoms with Gasteiger partial charge in [-0.1, -0.05) is 18.2 Å². The minimum Gasteiger partial charge on any atom is -0.506 e. The zero-order valence-corrected chi connectivity index (χ0v) is 31.5. The number of aromatic hydroxyl groups is 1. The second kappa shape index (κ2) is 14.5. The molecule has 0 spiro atoms. The molecule has 0 bridgehead atoms. The van der Waals surface area contributed by atoms with Gasteiger partial charge in [0.1, 0.15) is 23.7 Å². The van der Waals surface area contributed by atoms with E-state index in [1.807, 2.05) is 4.90 Å². The van der Waals surface area contributed by atoms with Crippen LogP contribution in [0.1, 0.15) is 44.9 Å². The van der Waals surface area contributed by atoms with E-state index in [2.05, 4.69) is 4.90 Å². The van der Waals surface area contributed by atoms with Crippen molar-refractivity contribution < 1.29 is 41.8 Å². The van der Waals surface area contributed by atoms with Gasteiger partial charge in [0.05, 0.1) is 23.7 Å². The highest BCUT2D eigenvalue weighted by Crippen LogP contribution is 2.39. The van der Waals surface area contributed by atoms with E-state index in [1.165, 1.54) is 21.4 Å². The molecule has 0 radical (unpaired) electrons. The molecule has 2 N–H and O–H groups in total. The summed E-state index contributed by atoms with van der Waals surface area (Å²) < 4.78 is 51.3. The maximum absolute atomic E-state index is 15.7. The third-order valence-electron chi connectivity index (χ3n) is 11.5. The molecule has 56 heavy (non-hydrogen) atoms. The summed E-state index contributed by atoms with van der Waals surface area (Å²) in [6.45, 7) is 1.91. The first kappa shape index (κ1) is 37.4. The Kier molecular flexibility index (Phi) is 9.72. The standard InChI is InChI=1S/C38H42FN7O9S/c1-41-28-6-2-3-7-29(28)45(38(41)52)46-33(49)11-10-30(37(46)51)42-15-12-23(13-16-42)17-34(50)43-14-4-5-24(20-43)22-55-26-9-8-25-18-31(47)36(35(39)27(25)19-26)44-21-32(48)40-56(44,53)54/h2-3,6-9,18-19,23-24,30,47H,4-5,10-17,20-22H2,1H3,(H,40,48)/t24-,30?/m1/s1. The van der Waals surface area contributed by atoms with Gasteiger partial charge < -0.3 is 14.7 Å². The van der Waals surface area contributed by atoms with Gasteiger partial charge in [-0.25, -0.2) is 18.2 Å². The van der Waals surface area contributed by atoms with Crippen LogP contribution in [-0.4, -0.2) is 102 Å². The van der Waals surface area contributed by atoms with Gasteiger partial charge >= 0.3 is 15.9 Å². The Labute approximate surface area is 321 Å². The van der Waals surface area contributed by atoms with Gasteiger partial charge in [-0.2, -0.15) is 18.1 Å². The van der Waals surface area contributed by atoms with E-state index >= 15 is 4.39 Å². The summed E-state index contributed by atoms with van der Waals surface area (Å²) in [6, 6.07) is 12.3. The molecule has 4 amide bonds. The van der Waals surface area contributed by atoms with Crippen molar-refractivity contribution >= 4 is 61.3 Å². The van der Waals surface area contributed by atoms with Gasteiger partial charge in [-0.15, -0.1) is 0 Å². The van der Waals surface area contributed by atoms with Gasteiger partial charge in [0.25, 0.3) is 11.8 Å². The van der Waals surface area contributed by atoms with Crippen molar-refractivity contribution in [2.75, 3.05) is 48.6 Å². The zero-order valence-electron chi connectivity index (χ0n) is 30.7. The summed E-state index contributed by atoms with van der Waals surface area (Å²) in [5, 5.41) is 11.8. The Bertz CT molecular complexity index is 2440. The smallest absolute Gasteiger partial charge is 0.348 e. The van der Waals surface area contributed by atoms with E-state index in [-0.39, 0.29) is 36.2 Å². The molecule has 5 heterocycles. The third-order valence-corrected chi connectivity index (χ3v) is 12.9. The highest BCUT2D eigenvalue weighted by Gasteiger charge is 2.42. The van der Waals surface area contributed by atoms with Crippen molar-refractivity contribution in [1.82, 2.24) is 23.8 Å². The first-order chi connectivity index (χ1) is 26.8. The quantitative estimate of drug-likeness (QED) is 0.251. The monoisotopic (exact) mass is 791 g/mol. The summed E-state index contributed by atoms with van der Waals surface area (Å²) >= 11 is 0. The van der Waals surface area contributed by atoms with Crippen LogP contribution in [0.2, 0.25) is 0 Å². The average Bonchev–Trinajstić information content (AvgIpc) is 3.59. The lowest BCUT2D eigenvalue weighted by Gasteiger charge is -2.41. The number of benzene rings is 3. The first-order valence-electron chi connectivity index (χ1n) is 18.8. The number of phenols is 1. The van der Waals surface area contributed by atoms with Gasteiger partial charge in [0.15, 0.2) is 5.82 Å². The molecule has 4 aromatic rings. The molecule has 1 aromatic heterocycles. The van der Waals surface area contributed by atoms with Crippen LogP contribution in [0, 0.1) is 17.7 Å². The molecule has 0 saturated carbocycles. The fraction of sp³-hybridized carbons (Fsp3) is 0.447. The van der Waals surface area contributed by atoms with Crippen LogP contribution in [0.3, 0.4) is 0 Å². The topological polar surface area (TPSA) is 184 Å². The summed E-state index contributed by atoms with van der Waals surface area (Å²) in [7, 11) is -2.74. The van der Waals surface area contributed by atoms with Crippen LogP contribution >= 0.6 is 0 Å². The van der Waals surface area contributed by atoms with Gasteiger partial charge in [-0.3, -0.25) is 28.6 Å². The van der Waals surface area contributed by atoms with Crippen molar-refractivity contribution in [3.8, 4) is 11.5 Å². The number of hydrogen-bond donors (Lipinski definition) is 2. The number of imidazole rings is 1. The van der Waals surface area contributed by atoms with E-state index in [0.717, 1.165) is 17.9 Å².